The average Bonchev–Trinajstić information content (AvgIpc) is 3.16. The number of aromatic nitrogens is 1. The summed E-state index contributed by atoms with van der Waals surface area (Å²) in [5.41, 5.74) is 3.19. The first-order valence-electron chi connectivity index (χ1n) is 10.1. The van der Waals surface area contributed by atoms with E-state index in [0.29, 0.717) is 60.4 Å². The van der Waals surface area contributed by atoms with Crippen molar-refractivity contribution in [3.05, 3.63) is 64.2 Å². The number of hydrogen-bond acceptors (Lipinski definition) is 6. The van der Waals surface area contributed by atoms with Crippen LogP contribution in [0.2, 0.25) is 0 Å². The van der Waals surface area contributed by atoms with Gasteiger partial charge in [-0.1, -0.05) is 35.5 Å². The first kappa shape index (κ1) is 19.3. The second-order valence-electron chi connectivity index (χ2n) is 7.64. The van der Waals surface area contributed by atoms with E-state index in [1.54, 1.807) is 7.05 Å². The number of aliphatic hydroxyl groups excluding tert-OH is 1. The van der Waals surface area contributed by atoms with Crippen LogP contribution in [-0.2, 0) is 17.6 Å². The van der Waals surface area contributed by atoms with Gasteiger partial charge in [0.25, 0.3) is 0 Å². The zero-order valence-electron chi connectivity index (χ0n) is 16.5. The molecule has 6 nitrogen and oxygen atoms in total. The van der Waals surface area contributed by atoms with Gasteiger partial charge in [0.15, 0.2) is 11.6 Å². The maximum Gasteiger partial charge on any atom is 0.168 e. The molecule has 1 fully saturated rings. The zero-order valence-corrected chi connectivity index (χ0v) is 16.5. The van der Waals surface area contributed by atoms with Gasteiger partial charge in [0.1, 0.15) is 11.5 Å². The lowest BCUT2D eigenvalue weighted by Crippen LogP contribution is -2.26. The van der Waals surface area contributed by atoms with Crippen molar-refractivity contribution in [2.24, 2.45) is 4.99 Å². The summed E-state index contributed by atoms with van der Waals surface area (Å²) < 4.78 is 5.30. The van der Waals surface area contributed by atoms with Crippen molar-refractivity contribution < 1.29 is 19.2 Å². The van der Waals surface area contributed by atoms with Crippen molar-refractivity contribution in [3.8, 4) is 0 Å². The van der Waals surface area contributed by atoms with Crippen molar-refractivity contribution >= 4 is 17.3 Å². The minimum Gasteiger partial charge on any atom is -0.511 e. The third-order valence-corrected chi connectivity index (χ3v) is 5.79. The molecule has 0 bridgehead atoms. The van der Waals surface area contributed by atoms with Crippen molar-refractivity contribution in [2.45, 2.75) is 50.9 Å². The number of benzene rings is 1. The van der Waals surface area contributed by atoms with E-state index in [0.717, 1.165) is 12.0 Å². The number of fused-ring (bicyclic) bond motifs is 1. The van der Waals surface area contributed by atoms with Crippen LogP contribution in [0.1, 0.15) is 65.4 Å². The number of nitrogens with zero attached hydrogens (tertiary/aromatic N) is 2. The number of carbonyl (C=O) groups excluding carboxylic acids is 2. The highest BCUT2D eigenvalue weighted by Gasteiger charge is 2.32. The lowest BCUT2D eigenvalue weighted by Gasteiger charge is -2.25. The summed E-state index contributed by atoms with van der Waals surface area (Å²) in [5.74, 6) is 0.672. The highest BCUT2D eigenvalue weighted by atomic mass is 16.5. The highest BCUT2D eigenvalue weighted by Crippen LogP contribution is 2.34. The Hall–Kier alpha value is -3.02. The Kier molecular flexibility index (Phi) is 5.43. The monoisotopic (exact) mass is 392 g/mol. The average molecular weight is 392 g/mol. The molecule has 1 atom stereocenters. The molecule has 2 aliphatic rings. The number of rotatable bonds is 4. The molecule has 0 spiro atoms. The second kappa shape index (κ2) is 8.15. The van der Waals surface area contributed by atoms with Gasteiger partial charge in [0.2, 0.25) is 0 Å². The molecule has 4 rings (SSSR count). The van der Waals surface area contributed by atoms with Gasteiger partial charge in [-0.2, -0.15) is 0 Å². The number of aliphatic imine (C=N–C) groups is 1. The molecule has 1 unspecified atom stereocenters. The molecule has 0 saturated heterocycles. The van der Waals surface area contributed by atoms with Crippen LogP contribution in [0.5, 0.6) is 0 Å². The summed E-state index contributed by atoms with van der Waals surface area (Å²) >= 11 is 0. The molecule has 1 heterocycles. The molecular formula is C23H24N2O4. The first-order valence-corrected chi connectivity index (χ1v) is 10.1. The molecular weight excluding hydrogens is 368 g/mol. The van der Waals surface area contributed by atoms with E-state index in [1.807, 2.05) is 30.3 Å². The van der Waals surface area contributed by atoms with Crippen LogP contribution in [0, 0.1) is 0 Å². The van der Waals surface area contributed by atoms with Gasteiger partial charge < -0.3 is 9.63 Å². The molecule has 150 valence electrons. The molecule has 2 aromatic rings. The van der Waals surface area contributed by atoms with Crippen LogP contribution in [0.15, 0.2) is 51.2 Å². The van der Waals surface area contributed by atoms with E-state index in [9.17, 15) is 14.7 Å². The summed E-state index contributed by atoms with van der Waals surface area (Å²) in [7, 11) is 1.65. The molecule has 6 heteroatoms. The predicted molar refractivity (Wildman–Crippen MR) is 109 cm³/mol. The molecule has 1 aromatic carbocycles. The molecule has 0 aliphatic heterocycles. The van der Waals surface area contributed by atoms with Crippen LogP contribution < -0.4 is 0 Å². The first-order chi connectivity index (χ1) is 14.1. The summed E-state index contributed by atoms with van der Waals surface area (Å²) in [5, 5.41) is 14.7. The Morgan fingerprint density at radius 1 is 1.17 bits per heavy atom. The smallest absolute Gasteiger partial charge is 0.168 e. The summed E-state index contributed by atoms with van der Waals surface area (Å²) in [6.07, 6.45) is 3.54. The number of carbonyl (C=O) groups is 2. The number of ketones is 2. The van der Waals surface area contributed by atoms with Gasteiger partial charge in [-0.05, 0) is 24.3 Å². The van der Waals surface area contributed by atoms with E-state index >= 15 is 0 Å². The van der Waals surface area contributed by atoms with Gasteiger partial charge >= 0.3 is 0 Å². The highest BCUT2D eigenvalue weighted by molar-refractivity contribution is 6.24. The van der Waals surface area contributed by atoms with Gasteiger partial charge in [0.05, 0.1) is 16.8 Å². The fourth-order valence-electron chi connectivity index (χ4n) is 4.30. The Bertz CT molecular complexity index is 1000. The topological polar surface area (TPSA) is 92.8 Å². The van der Waals surface area contributed by atoms with Crippen LogP contribution in [0.4, 0.5) is 0 Å². The molecule has 0 radical (unpaired) electrons. The van der Waals surface area contributed by atoms with Crippen LogP contribution >= 0.6 is 0 Å². The molecule has 2 aliphatic carbocycles. The summed E-state index contributed by atoms with van der Waals surface area (Å²) in [4.78, 5) is 29.3. The lowest BCUT2D eigenvalue weighted by atomic mass is 9.78. The van der Waals surface area contributed by atoms with E-state index in [-0.39, 0.29) is 29.7 Å². The third-order valence-electron chi connectivity index (χ3n) is 5.79. The quantitative estimate of drug-likeness (QED) is 0.623. The molecule has 29 heavy (non-hydrogen) atoms. The fraction of sp³-hybridized carbons (Fsp3) is 0.391. The van der Waals surface area contributed by atoms with Gasteiger partial charge in [-0.3, -0.25) is 14.6 Å². The second-order valence-corrected chi connectivity index (χ2v) is 7.64. The van der Waals surface area contributed by atoms with Crippen molar-refractivity contribution in [1.29, 1.82) is 0 Å². The summed E-state index contributed by atoms with van der Waals surface area (Å²) in [6, 6.07) is 9.92. The summed E-state index contributed by atoms with van der Waals surface area (Å²) in [6.45, 7) is 0. The normalized spacial score (nSPS) is 22.7. The van der Waals surface area contributed by atoms with E-state index < -0.39 is 0 Å². The minimum absolute atomic E-state index is 0.0159. The van der Waals surface area contributed by atoms with Crippen molar-refractivity contribution in [3.63, 3.8) is 0 Å². The fourth-order valence-corrected chi connectivity index (χ4v) is 4.30. The number of hydrogen-bond donors (Lipinski definition) is 1. The van der Waals surface area contributed by atoms with E-state index in [2.05, 4.69) is 10.1 Å². The molecule has 1 aromatic heterocycles. The number of Topliss-reactive ketones (excluding diaryl/α,β-unsaturated/α-hetero) is 2. The Balaban J connectivity index is 1.53. The SMILES string of the molecule is CN=C1CC(c2ccccc2)CC(=O)C1=C(O)CCc1noc2c1C(=O)CCC2. The zero-order chi connectivity index (χ0) is 20.4. The molecule has 1 saturated carbocycles. The van der Waals surface area contributed by atoms with E-state index in [4.69, 9.17) is 4.52 Å². The van der Waals surface area contributed by atoms with Crippen molar-refractivity contribution in [1.82, 2.24) is 5.16 Å². The Morgan fingerprint density at radius 2 is 1.97 bits per heavy atom. The Morgan fingerprint density at radius 3 is 2.72 bits per heavy atom. The van der Waals surface area contributed by atoms with Gasteiger partial charge in [-0.25, -0.2) is 0 Å². The predicted octanol–water partition coefficient (Wildman–Crippen LogP) is 4.16. The third kappa shape index (κ3) is 3.79. The lowest BCUT2D eigenvalue weighted by molar-refractivity contribution is -0.116. The van der Waals surface area contributed by atoms with Crippen LogP contribution in [-0.4, -0.2) is 34.6 Å². The van der Waals surface area contributed by atoms with Crippen LogP contribution in [0.25, 0.3) is 0 Å². The maximum atomic E-state index is 12.8. The standard InChI is InChI=1S/C23H24N2O4/c1-24-17-12-15(14-6-3-2-4-7-14)13-20(28)22(17)19(27)11-10-16-23-18(26)8-5-9-21(23)29-25-16/h2-4,6-7,15,27H,5,8-13H2,1H3. The van der Waals surface area contributed by atoms with Gasteiger partial charge in [-0.15, -0.1) is 0 Å². The number of aryl methyl sites for hydroxylation is 2. The minimum atomic E-state index is -0.0959. The van der Waals surface area contributed by atoms with Crippen LogP contribution in [0.3, 0.4) is 0 Å². The number of aliphatic hydroxyl groups is 1. The Labute approximate surface area is 169 Å². The van der Waals surface area contributed by atoms with Crippen molar-refractivity contribution in [2.75, 3.05) is 7.05 Å². The van der Waals surface area contributed by atoms with E-state index in [1.165, 1.54) is 0 Å². The number of allylic oxidation sites excluding steroid dienone is 2. The molecule has 1 N–H and O–H groups in total. The maximum absolute atomic E-state index is 12.8. The largest absolute Gasteiger partial charge is 0.511 e. The molecule has 0 amide bonds. The van der Waals surface area contributed by atoms with Gasteiger partial charge in [0, 0.05) is 44.9 Å².